The highest BCUT2D eigenvalue weighted by molar-refractivity contribution is 8.13. The lowest BCUT2D eigenvalue weighted by Gasteiger charge is -1.89. The first-order valence-corrected chi connectivity index (χ1v) is 5.89. The maximum atomic E-state index is 10.9. The van der Waals surface area contributed by atoms with Crippen molar-refractivity contribution in [1.82, 2.24) is 4.98 Å². The number of fused-ring (bicyclic) bond motifs is 1. The van der Waals surface area contributed by atoms with E-state index in [4.69, 9.17) is 4.42 Å². The van der Waals surface area contributed by atoms with E-state index in [1.165, 1.54) is 18.7 Å². The quantitative estimate of drug-likeness (QED) is 0.780. The number of carbonyl (C=O) groups is 1. The van der Waals surface area contributed by atoms with Crippen molar-refractivity contribution in [3.05, 3.63) is 34.3 Å². The Bertz CT molecular complexity index is 672. The van der Waals surface area contributed by atoms with Gasteiger partial charge in [0.25, 0.3) is 0 Å². The van der Waals surface area contributed by atoms with Crippen LogP contribution in [-0.4, -0.2) is 15.9 Å². The normalized spacial score (nSPS) is 9.94. The number of oxazole rings is 1. The van der Waals surface area contributed by atoms with Gasteiger partial charge in [-0.05, 0) is 18.2 Å². The van der Waals surface area contributed by atoms with Crippen molar-refractivity contribution in [3.8, 4) is 11.8 Å². The van der Waals surface area contributed by atoms with E-state index in [1.807, 2.05) is 0 Å². The lowest BCUT2D eigenvalue weighted by molar-refractivity contribution is -0.109. The summed E-state index contributed by atoms with van der Waals surface area (Å²) in [6.45, 7) is 1.51. The molecule has 0 unspecified atom stereocenters. The number of carbonyl (C=O) groups excluding carboxylic acids is 1. The smallest absolute Gasteiger partial charge is 0.408 e. The summed E-state index contributed by atoms with van der Waals surface area (Å²) in [5, 5.41) is 0.0476. The van der Waals surface area contributed by atoms with E-state index in [2.05, 4.69) is 16.8 Å². The zero-order chi connectivity index (χ0) is 12.3. The second-order valence-corrected chi connectivity index (χ2v) is 4.46. The van der Waals surface area contributed by atoms with Gasteiger partial charge < -0.3 is 4.42 Å². The Labute approximate surface area is 101 Å². The van der Waals surface area contributed by atoms with Crippen molar-refractivity contribution < 1.29 is 9.21 Å². The van der Waals surface area contributed by atoms with Crippen molar-refractivity contribution in [2.24, 2.45) is 0 Å². The lowest BCUT2D eigenvalue weighted by atomic mass is 10.2. The van der Waals surface area contributed by atoms with Crippen molar-refractivity contribution in [2.45, 2.75) is 6.92 Å². The maximum absolute atomic E-state index is 10.9. The monoisotopic (exact) mass is 247 g/mol. The summed E-state index contributed by atoms with van der Waals surface area (Å²) in [6.07, 6.45) is 0. The van der Waals surface area contributed by atoms with Crippen LogP contribution < -0.4 is 5.76 Å². The highest BCUT2D eigenvalue weighted by Gasteiger charge is 2.00. The molecule has 0 fully saturated rings. The van der Waals surface area contributed by atoms with Crippen molar-refractivity contribution in [1.29, 1.82) is 0 Å². The van der Waals surface area contributed by atoms with Crippen LogP contribution in [0.2, 0.25) is 0 Å². The van der Waals surface area contributed by atoms with Gasteiger partial charge in [0.15, 0.2) is 10.7 Å². The molecule has 5 heteroatoms. The van der Waals surface area contributed by atoms with E-state index in [9.17, 15) is 9.59 Å². The second kappa shape index (κ2) is 4.93. The van der Waals surface area contributed by atoms with Crippen molar-refractivity contribution in [2.75, 3.05) is 5.75 Å². The fourth-order valence-electron chi connectivity index (χ4n) is 1.30. The molecule has 1 aromatic heterocycles. The number of thioether (sulfide) groups is 1. The second-order valence-electron chi connectivity index (χ2n) is 3.31. The van der Waals surface area contributed by atoms with Crippen LogP contribution in [-0.2, 0) is 4.79 Å². The SMILES string of the molecule is CC(=O)SCC#Cc1ccc2[nH]c(=O)oc2c1. The van der Waals surface area contributed by atoms with Gasteiger partial charge in [-0.15, -0.1) is 0 Å². The number of aromatic nitrogens is 1. The van der Waals surface area contributed by atoms with Gasteiger partial charge in [-0.3, -0.25) is 9.78 Å². The number of hydrogen-bond donors (Lipinski definition) is 1. The Balaban J connectivity index is 2.18. The molecule has 2 aromatic rings. The average Bonchev–Trinajstić information content (AvgIpc) is 2.63. The number of hydrogen-bond acceptors (Lipinski definition) is 4. The van der Waals surface area contributed by atoms with Crippen LogP contribution in [0.15, 0.2) is 27.4 Å². The van der Waals surface area contributed by atoms with Crippen LogP contribution in [0.3, 0.4) is 0 Å². The summed E-state index contributed by atoms with van der Waals surface area (Å²) < 4.78 is 4.91. The average molecular weight is 247 g/mol. The molecule has 0 aliphatic rings. The maximum Gasteiger partial charge on any atom is 0.417 e. The molecule has 1 heterocycles. The third-order valence-electron chi connectivity index (χ3n) is 2.00. The molecule has 2 rings (SSSR count). The first-order valence-electron chi connectivity index (χ1n) is 4.90. The largest absolute Gasteiger partial charge is 0.417 e. The molecule has 86 valence electrons. The predicted octanol–water partition coefficient (Wildman–Crippen LogP) is 1.75. The summed E-state index contributed by atoms with van der Waals surface area (Å²) in [5.74, 6) is 5.76. The van der Waals surface area contributed by atoms with Crippen molar-refractivity contribution in [3.63, 3.8) is 0 Å². The van der Waals surface area contributed by atoms with Gasteiger partial charge >= 0.3 is 5.76 Å². The number of aromatic amines is 1. The molecule has 0 atom stereocenters. The topological polar surface area (TPSA) is 63.1 Å². The lowest BCUT2D eigenvalue weighted by Crippen LogP contribution is -1.92. The van der Waals surface area contributed by atoms with E-state index in [0.717, 1.165) is 5.56 Å². The number of H-pyrrole nitrogens is 1. The van der Waals surface area contributed by atoms with Crippen LogP contribution in [0.1, 0.15) is 12.5 Å². The van der Waals surface area contributed by atoms with Gasteiger partial charge in [-0.2, -0.15) is 0 Å². The van der Waals surface area contributed by atoms with Gasteiger partial charge in [0.2, 0.25) is 0 Å². The minimum atomic E-state index is -0.475. The minimum absolute atomic E-state index is 0.0476. The number of rotatable bonds is 1. The first kappa shape index (κ1) is 11.6. The molecule has 0 saturated heterocycles. The standard InChI is InChI=1S/C12H9NO3S/c1-8(14)17-6-2-3-9-4-5-10-11(7-9)16-12(15)13-10/h4-5,7H,6H2,1H3,(H,13,15). The van der Waals surface area contributed by atoms with Crippen LogP contribution in [0.5, 0.6) is 0 Å². The summed E-state index contributed by atoms with van der Waals surface area (Å²) in [7, 11) is 0. The molecule has 0 aliphatic carbocycles. The van der Waals surface area contributed by atoms with Crippen LogP contribution >= 0.6 is 11.8 Å². The van der Waals surface area contributed by atoms with Gasteiger partial charge in [0, 0.05) is 12.5 Å². The molecule has 0 amide bonds. The highest BCUT2D eigenvalue weighted by atomic mass is 32.2. The minimum Gasteiger partial charge on any atom is -0.408 e. The molecule has 0 spiro atoms. The zero-order valence-electron chi connectivity index (χ0n) is 9.07. The summed E-state index contributed by atoms with van der Waals surface area (Å²) in [4.78, 5) is 24.2. The molecule has 0 bridgehead atoms. The molecule has 0 saturated carbocycles. The fraction of sp³-hybridized carbons (Fsp3) is 0.167. The fourth-order valence-corrected chi connectivity index (χ4v) is 1.65. The highest BCUT2D eigenvalue weighted by Crippen LogP contribution is 2.11. The number of benzene rings is 1. The van der Waals surface area contributed by atoms with Gasteiger partial charge in [0.1, 0.15) is 0 Å². The molecule has 17 heavy (non-hydrogen) atoms. The Hall–Kier alpha value is -1.93. The van der Waals surface area contributed by atoms with Gasteiger partial charge in [-0.1, -0.05) is 23.6 Å². The van der Waals surface area contributed by atoms with Crippen LogP contribution in [0.4, 0.5) is 0 Å². The third-order valence-corrected chi connectivity index (χ3v) is 2.70. The summed E-state index contributed by atoms with van der Waals surface area (Å²) in [6, 6.07) is 5.22. The molecular weight excluding hydrogens is 238 g/mol. The Morgan fingerprint density at radius 1 is 1.53 bits per heavy atom. The predicted molar refractivity (Wildman–Crippen MR) is 66.9 cm³/mol. The molecule has 0 radical (unpaired) electrons. The van der Waals surface area contributed by atoms with Crippen molar-refractivity contribution >= 4 is 28.0 Å². The van der Waals surface area contributed by atoms with E-state index >= 15 is 0 Å². The first-order chi connectivity index (χ1) is 8.15. The Kier molecular flexibility index (Phi) is 3.35. The molecular formula is C12H9NO3S. The van der Waals surface area contributed by atoms with Crippen LogP contribution in [0, 0.1) is 11.8 Å². The molecule has 4 nitrogen and oxygen atoms in total. The molecule has 1 N–H and O–H groups in total. The van der Waals surface area contributed by atoms with Gasteiger partial charge in [-0.25, -0.2) is 4.79 Å². The molecule has 0 aliphatic heterocycles. The molecule has 1 aromatic carbocycles. The Morgan fingerprint density at radius 2 is 2.35 bits per heavy atom. The van der Waals surface area contributed by atoms with E-state index in [0.29, 0.717) is 16.9 Å². The van der Waals surface area contributed by atoms with Crippen LogP contribution in [0.25, 0.3) is 11.1 Å². The van der Waals surface area contributed by atoms with E-state index in [1.54, 1.807) is 18.2 Å². The summed E-state index contributed by atoms with van der Waals surface area (Å²) in [5.41, 5.74) is 1.89. The van der Waals surface area contributed by atoms with Gasteiger partial charge in [0.05, 0.1) is 11.3 Å². The number of nitrogens with one attached hydrogen (secondary N) is 1. The summed E-state index contributed by atoms with van der Waals surface area (Å²) >= 11 is 1.17. The third kappa shape index (κ3) is 3.02. The Morgan fingerprint density at radius 3 is 3.12 bits per heavy atom. The van der Waals surface area contributed by atoms with E-state index in [-0.39, 0.29) is 5.12 Å². The van der Waals surface area contributed by atoms with E-state index < -0.39 is 5.76 Å². The zero-order valence-corrected chi connectivity index (χ0v) is 9.89.